The summed E-state index contributed by atoms with van der Waals surface area (Å²) in [6.07, 6.45) is -7.43. The van der Waals surface area contributed by atoms with Crippen LogP contribution in [-0.4, -0.2) is 322 Å². The Morgan fingerprint density at radius 2 is 0.549 bits per heavy atom. The first-order valence-corrected chi connectivity index (χ1v) is 35.8. The number of carbonyl (C=O) groups is 14. The number of carboxylic acids is 9. The molecule has 0 heterocycles. The van der Waals surface area contributed by atoms with Gasteiger partial charge in [0.25, 0.3) is 0 Å². The normalized spacial score (nSPS) is 11.7. The standard InChI is InChI=1S/C72H103N5O36/c1-2-23-113-68(100)73-67(99)77(37-54-52-9-5-3-7-50(52)36-51-8-4-6-10-53(51)54)72(47-110-24-11-55(78)74-69(38-101-27-14-58(81)82,39-102-28-15-59(83)84)40-103-29-16-60(85)86,48-111-25-12-56(79)75-70(41-104-30-17-61(87)88,42-105-31-18-62(89)90)43-106-32-19-63(91)92)49-112-26-13-57(80)76-71(44-107-33-20-64(93)94,45-108-34-21-65(95)96)46-109-35-22-66(97)98/h3-10,36H,2,11-35,37-49H2,1H3,(H,74,78)(H,75,79)(H,76,80)(H,81,82)(H,83,84)(H,85,86)(H,87,88)(H,89,90)(H,91,92)(H,93,94)(H,95,96)(H,97,98)(H,73,99,100). The second-order valence-electron chi connectivity index (χ2n) is 25.8. The number of fused-ring (bicyclic) bond motifs is 2. The average molecular weight is 1610 g/mol. The summed E-state index contributed by atoms with van der Waals surface area (Å²) in [4.78, 5) is 177. The third kappa shape index (κ3) is 41.4. The van der Waals surface area contributed by atoms with Crippen molar-refractivity contribution in [2.75, 3.05) is 165 Å². The van der Waals surface area contributed by atoms with Crippen molar-refractivity contribution in [3.05, 3.63) is 60.2 Å². The fourth-order valence-corrected chi connectivity index (χ4v) is 10.5. The first-order chi connectivity index (χ1) is 53.9. The minimum atomic E-state index is -2.18. The molecule has 6 amide bonds. The second-order valence-corrected chi connectivity index (χ2v) is 25.8. The fraction of sp³-hybridized carbons (Fsp3) is 0.611. The van der Waals surface area contributed by atoms with Gasteiger partial charge in [0.2, 0.25) is 17.7 Å². The van der Waals surface area contributed by atoms with Gasteiger partial charge in [-0.15, -0.1) is 0 Å². The van der Waals surface area contributed by atoms with Crippen LogP contribution < -0.4 is 21.3 Å². The zero-order chi connectivity index (χ0) is 83.5. The smallest absolute Gasteiger partial charge is 0.415 e. The Balaban J connectivity index is 2.39. The van der Waals surface area contributed by atoms with Gasteiger partial charge in [-0.3, -0.25) is 57.5 Å². The quantitative estimate of drug-likeness (QED) is 0.0284. The average Bonchev–Trinajstić information content (AvgIpc) is 0.761. The molecule has 3 aromatic rings. The van der Waals surface area contributed by atoms with E-state index in [1.54, 1.807) is 55.5 Å². The van der Waals surface area contributed by atoms with Crippen LogP contribution in [0.4, 0.5) is 9.59 Å². The molecule has 3 rings (SSSR count). The van der Waals surface area contributed by atoms with Crippen LogP contribution in [0.3, 0.4) is 0 Å². The molecular weight excluding hydrogens is 1510 g/mol. The Kier molecular flexibility index (Phi) is 46.4. The van der Waals surface area contributed by atoms with Crippen LogP contribution in [0.5, 0.6) is 0 Å². The van der Waals surface area contributed by atoms with E-state index >= 15 is 4.79 Å². The number of nitrogens with one attached hydrogen (secondary N) is 4. The molecule has 0 saturated carbocycles. The van der Waals surface area contributed by atoms with E-state index in [0.717, 1.165) is 4.90 Å². The summed E-state index contributed by atoms with van der Waals surface area (Å²) in [6.45, 7) is -11.8. The maximum atomic E-state index is 15.6. The van der Waals surface area contributed by atoms with Gasteiger partial charge >= 0.3 is 65.8 Å². The summed E-state index contributed by atoms with van der Waals surface area (Å²) >= 11 is 0. The molecule has 0 aliphatic heterocycles. The van der Waals surface area contributed by atoms with Crippen molar-refractivity contribution in [1.82, 2.24) is 26.2 Å². The maximum absolute atomic E-state index is 15.6. The summed E-state index contributed by atoms with van der Waals surface area (Å²) < 4.78 is 75.5. The molecule has 0 saturated heterocycles. The van der Waals surface area contributed by atoms with E-state index in [4.69, 9.17) is 61.6 Å². The van der Waals surface area contributed by atoms with E-state index in [-0.39, 0.29) is 6.61 Å². The predicted molar refractivity (Wildman–Crippen MR) is 386 cm³/mol. The van der Waals surface area contributed by atoms with Crippen molar-refractivity contribution in [2.24, 2.45) is 0 Å². The van der Waals surface area contributed by atoms with Gasteiger partial charge in [-0.25, -0.2) is 14.9 Å². The number of benzene rings is 3. The van der Waals surface area contributed by atoms with Gasteiger partial charge in [-0.2, -0.15) is 0 Å². The molecule has 41 nitrogen and oxygen atoms in total. The lowest BCUT2D eigenvalue weighted by atomic mass is 9.94. The molecule has 0 aliphatic rings. The Labute approximate surface area is 648 Å². The monoisotopic (exact) mass is 1610 g/mol. The Morgan fingerprint density at radius 1 is 0.319 bits per heavy atom. The van der Waals surface area contributed by atoms with Gasteiger partial charge in [0, 0.05) is 25.8 Å². The van der Waals surface area contributed by atoms with Crippen LogP contribution in [-0.2, 0) is 126 Å². The number of carbonyl (C=O) groups excluding carboxylic acids is 5. The highest BCUT2D eigenvalue weighted by atomic mass is 16.6. The first-order valence-electron chi connectivity index (χ1n) is 35.8. The zero-order valence-electron chi connectivity index (χ0n) is 62.8. The third-order valence-electron chi connectivity index (χ3n) is 16.0. The van der Waals surface area contributed by atoms with Crippen LogP contribution in [0.1, 0.15) is 96.0 Å². The largest absolute Gasteiger partial charge is 0.481 e. The minimum Gasteiger partial charge on any atom is -0.481 e. The number of imide groups is 1. The SMILES string of the molecule is CCCOC(=O)NC(=O)N(Cc1c2ccccc2cc2ccccc12)C(COCCC(=O)NC(COCCC(=O)O)(COCCC(=O)O)COCCC(=O)O)(COCCC(=O)NC(COCCC(=O)O)(COCCC(=O)O)COCCC(=O)O)COCCC(=O)NC(COCCC(=O)O)(COCCC(=O)O)COCCC(=O)O. The van der Waals surface area contributed by atoms with Crippen LogP contribution in [0, 0.1) is 0 Å². The van der Waals surface area contributed by atoms with E-state index in [2.05, 4.69) is 21.3 Å². The van der Waals surface area contributed by atoms with Crippen molar-refractivity contribution in [3.8, 4) is 0 Å². The number of carboxylic acid groups (broad SMARTS) is 9. The number of aliphatic carboxylic acids is 9. The Morgan fingerprint density at radius 3 is 0.788 bits per heavy atom. The molecule has 3 aromatic carbocycles. The van der Waals surface area contributed by atoms with E-state index < -0.39 is 348 Å². The van der Waals surface area contributed by atoms with Gasteiger partial charge in [0.15, 0.2) is 0 Å². The lowest BCUT2D eigenvalue weighted by molar-refractivity contribution is -0.142. The number of rotatable bonds is 68. The third-order valence-corrected chi connectivity index (χ3v) is 16.0. The van der Waals surface area contributed by atoms with Crippen LogP contribution in [0.15, 0.2) is 54.6 Å². The zero-order valence-corrected chi connectivity index (χ0v) is 62.8. The van der Waals surface area contributed by atoms with Crippen LogP contribution in [0.25, 0.3) is 21.5 Å². The molecule has 0 spiro atoms. The van der Waals surface area contributed by atoms with Crippen molar-refractivity contribution in [1.29, 1.82) is 0 Å². The molecular formula is C72H103N5O36. The van der Waals surface area contributed by atoms with E-state index in [1.807, 2.05) is 6.07 Å². The molecule has 0 aromatic heterocycles. The summed E-state index contributed by atoms with van der Waals surface area (Å²) in [5.41, 5.74) is -7.07. The number of hydrogen-bond acceptors (Lipinski definition) is 27. The Bertz CT molecular complexity index is 3090. The molecule has 0 unspecified atom stereocenters. The molecule has 113 heavy (non-hydrogen) atoms. The van der Waals surface area contributed by atoms with Crippen LogP contribution in [0.2, 0.25) is 0 Å². The molecule has 13 N–H and O–H groups in total. The van der Waals surface area contributed by atoms with E-state index in [1.165, 1.54) is 0 Å². The molecule has 0 bridgehead atoms. The van der Waals surface area contributed by atoms with Crippen molar-refractivity contribution in [2.45, 2.75) is 119 Å². The lowest BCUT2D eigenvalue weighted by Crippen LogP contribution is -2.63. The van der Waals surface area contributed by atoms with E-state index in [0.29, 0.717) is 33.5 Å². The number of ether oxygens (including phenoxy) is 13. The number of amides is 6. The van der Waals surface area contributed by atoms with Gasteiger partial charge in [0.1, 0.15) is 22.2 Å². The second kappa shape index (κ2) is 53.9. The molecule has 632 valence electrons. The van der Waals surface area contributed by atoms with Crippen molar-refractivity contribution < 1.29 is 175 Å². The number of alkyl carbamates (subject to hydrolysis) is 1. The highest BCUT2D eigenvalue weighted by Gasteiger charge is 2.44. The maximum Gasteiger partial charge on any atom is 0.415 e. The molecule has 41 heteroatoms. The molecule has 0 fully saturated rings. The number of hydrogen-bond donors (Lipinski definition) is 13. The summed E-state index contributed by atoms with van der Waals surface area (Å²) in [5.74, 6) is -13.9. The fourth-order valence-electron chi connectivity index (χ4n) is 10.5. The lowest BCUT2D eigenvalue weighted by Gasteiger charge is -2.43. The molecule has 0 aliphatic carbocycles. The van der Waals surface area contributed by atoms with Gasteiger partial charge in [0.05, 0.1) is 223 Å². The molecule has 0 radical (unpaired) electrons. The van der Waals surface area contributed by atoms with Crippen molar-refractivity contribution in [3.63, 3.8) is 0 Å². The van der Waals surface area contributed by atoms with Gasteiger partial charge in [-0.1, -0.05) is 55.5 Å². The van der Waals surface area contributed by atoms with Crippen molar-refractivity contribution >= 4 is 105 Å². The molecule has 0 atom stereocenters. The van der Waals surface area contributed by atoms with Gasteiger partial charge < -0.3 is 128 Å². The minimum absolute atomic E-state index is 0.185. The topological polar surface area (TPSA) is 592 Å². The summed E-state index contributed by atoms with van der Waals surface area (Å²) in [6, 6.07) is 14.8. The number of urea groups is 1. The van der Waals surface area contributed by atoms with Gasteiger partial charge in [-0.05, 0) is 39.6 Å². The highest BCUT2D eigenvalue weighted by Crippen LogP contribution is 2.33. The predicted octanol–water partition coefficient (Wildman–Crippen LogP) is 2.00. The first kappa shape index (κ1) is 97.3. The highest BCUT2D eigenvalue weighted by molar-refractivity contribution is 6.03. The summed E-state index contributed by atoms with van der Waals surface area (Å²) in [7, 11) is 0. The van der Waals surface area contributed by atoms with Crippen LogP contribution >= 0.6 is 0 Å². The van der Waals surface area contributed by atoms with E-state index in [9.17, 15) is 108 Å². The summed E-state index contributed by atoms with van der Waals surface area (Å²) in [5, 5.41) is 97.3. The number of nitrogens with zero attached hydrogens (tertiary/aromatic N) is 1. The Hall–Kier alpha value is -9.92.